The summed E-state index contributed by atoms with van der Waals surface area (Å²) in [7, 11) is 0. The molecule has 2 aromatic rings. The number of rotatable bonds is 5. The maximum atomic E-state index is 6.24. The van der Waals surface area contributed by atoms with Gasteiger partial charge in [0, 0.05) is 13.0 Å². The van der Waals surface area contributed by atoms with Crippen LogP contribution in [0, 0.1) is 13.8 Å². The molecule has 2 atom stereocenters. The maximum absolute atomic E-state index is 6.24. The molecule has 2 unspecified atom stereocenters. The van der Waals surface area contributed by atoms with Crippen LogP contribution in [0.3, 0.4) is 0 Å². The van der Waals surface area contributed by atoms with Crippen LogP contribution in [-0.4, -0.2) is 16.2 Å². The van der Waals surface area contributed by atoms with E-state index >= 15 is 0 Å². The van der Waals surface area contributed by atoms with E-state index in [9.17, 15) is 0 Å². The molecule has 0 fully saturated rings. The van der Waals surface area contributed by atoms with Gasteiger partial charge in [0.1, 0.15) is 0 Å². The first-order valence-corrected chi connectivity index (χ1v) is 7.27. The molecule has 0 spiro atoms. The zero-order valence-corrected chi connectivity index (χ0v) is 12.3. The molecule has 2 N–H and O–H groups in total. The number of nitrogens with zero attached hydrogens (tertiary/aromatic N) is 2. The van der Waals surface area contributed by atoms with E-state index in [0.29, 0.717) is 11.1 Å². The van der Waals surface area contributed by atoms with Crippen LogP contribution in [0.15, 0.2) is 33.9 Å². The largest absolute Gasteiger partial charge is 0.416 e. The third-order valence-corrected chi connectivity index (χ3v) is 4.21. The summed E-state index contributed by atoms with van der Waals surface area (Å²) < 4.78 is 5.45. The minimum atomic E-state index is 0.0546. The van der Waals surface area contributed by atoms with E-state index in [1.165, 1.54) is 22.9 Å². The van der Waals surface area contributed by atoms with Crippen LogP contribution in [0.5, 0.6) is 0 Å². The Bertz CT molecular complexity index is 541. The molecule has 4 nitrogen and oxygen atoms in total. The second-order valence-electron chi connectivity index (χ2n) is 4.61. The lowest BCUT2D eigenvalue weighted by atomic mass is 10.0. The fourth-order valence-electron chi connectivity index (χ4n) is 1.90. The number of nitrogens with two attached hydrogens (primary N) is 1. The zero-order chi connectivity index (χ0) is 13.8. The molecule has 1 heterocycles. The first kappa shape index (κ1) is 14.1. The van der Waals surface area contributed by atoms with E-state index in [1.54, 1.807) is 6.92 Å². The number of benzene rings is 1. The molecule has 0 bridgehead atoms. The fourth-order valence-corrected chi connectivity index (χ4v) is 3.02. The molecule has 0 saturated carbocycles. The van der Waals surface area contributed by atoms with Gasteiger partial charge in [-0.25, -0.2) is 0 Å². The first-order chi connectivity index (χ1) is 9.10. The van der Waals surface area contributed by atoms with Gasteiger partial charge in [-0.2, -0.15) is 0 Å². The summed E-state index contributed by atoms with van der Waals surface area (Å²) in [5.74, 6) is 0.579. The Hall–Kier alpha value is -1.33. The molecule has 5 heteroatoms. The highest BCUT2D eigenvalue weighted by molar-refractivity contribution is 7.99. The lowest BCUT2D eigenvalue weighted by Crippen LogP contribution is -2.25. The van der Waals surface area contributed by atoms with E-state index in [1.807, 2.05) is 0 Å². The van der Waals surface area contributed by atoms with E-state index in [0.717, 1.165) is 6.42 Å². The van der Waals surface area contributed by atoms with Gasteiger partial charge in [0.2, 0.25) is 5.89 Å². The highest BCUT2D eigenvalue weighted by Gasteiger charge is 2.22. The standard InChI is InChI=1S/C14H19N3OS/c1-4-12(15)13(11-7-5-6-9(2)8-11)19-14-17-16-10(3)18-14/h5-8,12-13H,4,15H2,1-3H3. The van der Waals surface area contributed by atoms with E-state index in [-0.39, 0.29) is 11.3 Å². The molecular weight excluding hydrogens is 258 g/mol. The first-order valence-electron chi connectivity index (χ1n) is 6.39. The van der Waals surface area contributed by atoms with Crippen molar-refractivity contribution >= 4 is 11.8 Å². The number of hydrogen-bond donors (Lipinski definition) is 1. The molecule has 0 aliphatic heterocycles. The van der Waals surface area contributed by atoms with Gasteiger partial charge >= 0.3 is 0 Å². The van der Waals surface area contributed by atoms with E-state index in [4.69, 9.17) is 10.2 Å². The van der Waals surface area contributed by atoms with E-state index in [2.05, 4.69) is 48.3 Å². The Labute approximate surface area is 117 Å². The lowest BCUT2D eigenvalue weighted by Gasteiger charge is -2.21. The summed E-state index contributed by atoms with van der Waals surface area (Å²) in [5.41, 5.74) is 8.68. The molecule has 2 rings (SSSR count). The summed E-state index contributed by atoms with van der Waals surface area (Å²) in [6, 6.07) is 8.46. The molecule has 0 radical (unpaired) electrons. The van der Waals surface area contributed by atoms with Gasteiger partial charge in [0.15, 0.2) is 0 Å². The van der Waals surface area contributed by atoms with Crippen LogP contribution in [-0.2, 0) is 0 Å². The van der Waals surface area contributed by atoms with Gasteiger partial charge in [-0.3, -0.25) is 0 Å². The number of thioether (sulfide) groups is 1. The summed E-state index contributed by atoms with van der Waals surface area (Å²) in [5, 5.41) is 8.60. The molecular formula is C14H19N3OS. The predicted octanol–water partition coefficient (Wildman–Crippen LogP) is 3.26. The average Bonchev–Trinajstić information content (AvgIpc) is 2.80. The predicted molar refractivity (Wildman–Crippen MR) is 77.1 cm³/mol. The van der Waals surface area contributed by atoms with Crippen molar-refractivity contribution in [2.75, 3.05) is 0 Å². The molecule has 1 aromatic carbocycles. The van der Waals surface area contributed by atoms with Crippen molar-refractivity contribution in [3.05, 3.63) is 41.3 Å². The normalized spacial score (nSPS) is 14.3. The Morgan fingerprint density at radius 1 is 1.32 bits per heavy atom. The molecule has 0 saturated heterocycles. The van der Waals surface area contributed by atoms with Crippen molar-refractivity contribution in [2.24, 2.45) is 5.73 Å². The van der Waals surface area contributed by atoms with Crippen molar-refractivity contribution in [3.8, 4) is 0 Å². The Balaban J connectivity index is 2.25. The second-order valence-corrected chi connectivity index (χ2v) is 5.70. The van der Waals surface area contributed by atoms with Gasteiger partial charge in [0.25, 0.3) is 5.22 Å². The highest BCUT2D eigenvalue weighted by Crippen LogP contribution is 2.37. The molecule has 0 aliphatic carbocycles. The van der Waals surface area contributed by atoms with Gasteiger partial charge in [-0.1, -0.05) is 48.5 Å². The molecule has 1 aromatic heterocycles. The minimum Gasteiger partial charge on any atom is -0.416 e. The number of aryl methyl sites for hydroxylation is 2. The lowest BCUT2D eigenvalue weighted by molar-refractivity contribution is 0.427. The van der Waals surface area contributed by atoms with Gasteiger partial charge in [-0.15, -0.1) is 10.2 Å². The van der Waals surface area contributed by atoms with Crippen LogP contribution in [0.2, 0.25) is 0 Å². The maximum Gasteiger partial charge on any atom is 0.277 e. The molecule has 102 valence electrons. The Morgan fingerprint density at radius 2 is 2.11 bits per heavy atom. The average molecular weight is 277 g/mol. The van der Waals surface area contributed by atoms with Crippen LogP contribution in [0.25, 0.3) is 0 Å². The van der Waals surface area contributed by atoms with Gasteiger partial charge in [0.05, 0.1) is 5.25 Å². The van der Waals surface area contributed by atoms with Crippen LogP contribution < -0.4 is 5.73 Å². The number of hydrogen-bond acceptors (Lipinski definition) is 5. The summed E-state index contributed by atoms with van der Waals surface area (Å²) in [4.78, 5) is 0. The van der Waals surface area contributed by atoms with Gasteiger partial charge < -0.3 is 10.2 Å². The Morgan fingerprint density at radius 3 is 2.68 bits per heavy atom. The quantitative estimate of drug-likeness (QED) is 0.850. The SMILES string of the molecule is CCC(N)C(Sc1nnc(C)o1)c1cccc(C)c1. The topological polar surface area (TPSA) is 64.9 Å². The molecule has 19 heavy (non-hydrogen) atoms. The van der Waals surface area contributed by atoms with Gasteiger partial charge in [-0.05, 0) is 18.9 Å². The third kappa shape index (κ3) is 3.58. The molecule has 0 aliphatic rings. The van der Waals surface area contributed by atoms with Crippen molar-refractivity contribution in [2.45, 2.75) is 43.7 Å². The highest BCUT2D eigenvalue weighted by atomic mass is 32.2. The number of aromatic nitrogens is 2. The summed E-state index contributed by atoms with van der Waals surface area (Å²) >= 11 is 1.54. The van der Waals surface area contributed by atoms with Crippen molar-refractivity contribution in [3.63, 3.8) is 0 Å². The van der Waals surface area contributed by atoms with Crippen molar-refractivity contribution in [1.29, 1.82) is 0 Å². The second kappa shape index (κ2) is 6.21. The summed E-state index contributed by atoms with van der Waals surface area (Å²) in [6.45, 7) is 5.96. The van der Waals surface area contributed by atoms with Crippen LogP contribution in [0.4, 0.5) is 0 Å². The van der Waals surface area contributed by atoms with Crippen molar-refractivity contribution < 1.29 is 4.42 Å². The summed E-state index contributed by atoms with van der Waals surface area (Å²) in [6.07, 6.45) is 0.902. The van der Waals surface area contributed by atoms with Crippen molar-refractivity contribution in [1.82, 2.24) is 10.2 Å². The smallest absolute Gasteiger partial charge is 0.277 e. The van der Waals surface area contributed by atoms with Crippen LogP contribution >= 0.6 is 11.8 Å². The van der Waals surface area contributed by atoms with Crippen LogP contribution in [0.1, 0.15) is 35.6 Å². The third-order valence-electron chi connectivity index (χ3n) is 2.97. The fraction of sp³-hybridized carbons (Fsp3) is 0.429. The van der Waals surface area contributed by atoms with E-state index < -0.39 is 0 Å². The monoisotopic (exact) mass is 277 g/mol. The Kier molecular flexibility index (Phi) is 4.61. The zero-order valence-electron chi connectivity index (χ0n) is 11.5. The molecule has 0 amide bonds. The minimum absolute atomic E-state index is 0.0546.